The van der Waals surface area contributed by atoms with E-state index in [0.717, 1.165) is 31.4 Å². The van der Waals surface area contributed by atoms with E-state index in [0.29, 0.717) is 5.88 Å². The predicted molar refractivity (Wildman–Crippen MR) is 78.2 cm³/mol. The number of halogens is 1. The number of hydrogen-bond donors (Lipinski definition) is 1. The first-order valence-electron chi connectivity index (χ1n) is 6.63. The van der Waals surface area contributed by atoms with Crippen LogP contribution >= 0.6 is 11.6 Å². The van der Waals surface area contributed by atoms with Gasteiger partial charge in [-0.1, -0.05) is 32.4 Å². The Balaban J connectivity index is 2.58. The molecule has 0 heterocycles. The van der Waals surface area contributed by atoms with E-state index >= 15 is 0 Å². The molecule has 1 aromatic carbocycles. The number of amides is 1. The van der Waals surface area contributed by atoms with Crippen LogP contribution in [0.5, 0.6) is 0 Å². The van der Waals surface area contributed by atoms with Gasteiger partial charge < -0.3 is 5.32 Å². The maximum atomic E-state index is 11.9. The van der Waals surface area contributed by atoms with E-state index in [1.165, 1.54) is 5.56 Å². The SMILES string of the molecule is CCCC(C)C(=O)Nc1cccc(CCCCl)c1. The lowest BCUT2D eigenvalue weighted by molar-refractivity contribution is -0.119. The van der Waals surface area contributed by atoms with Gasteiger partial charge in [0.15, 0.2) is 0 Å². The molecule has 0 aliphatic carbocycles. The van der Waals surface area contributed by atoms with Gasteiger partial charge in [0.1, 0.15) is 0 Å². The van der Waals surface area contributed by atoms with E-state index < -0.39 is 0 Å². The lowest BCUT2D eigenvalue weighted by Crippen LogP contribution is -2.20. The molecule has 1 amide bonds. The summed E-state index contributed by atoms with van der Waals surface area (Å²) >= 11 is 5.68. The minimum atomic E-state index is 0.0708. The summed E-state index contributed by atoms with van der Waals surface area (Å²) in [4.78, 5) is 11.9. The number of anilines is 1. The van der Waals surface area contributed by atoms with Gasteiger partial charge in [-0.25, -0.2) is 0 Å². The van der Waals surface area contributed by atoms with Crippen LogP contribution in [0.3, 0.4) is 0 Å². The fraction of sp³-hybridized carbons (Fsp3) is 0.533. The third-order valence-electron chi connectivity index (χ3n) is 2.96. The van der Waals surface area contributed by atoms with E-state index in [1.807, 2.05) is 25.1 Å². The lowest BCUT2D eigenvalue weighted by atomic mass is 10.0. The first-order valence-corrected chi connectivity index (χ1v) is 7.16. The molecule has 3 heteroatoms. The minimum Gasteiger partial charge on any atom is -0.326 e. The Morgan fingerprint density at radius 2 is 2.22 bits per heavy atom. The summed E-state index contributed by atoms with van der Waals surface area (Å²) in [6.45, 7) is 4.06. The van der Waals surface area contributed by atoms with Gasteiger partial charge in [-0.05, 0) is 37.0 Å². The molecule has 1 aromatic rings. The van der Waals surface area contributed by atoms with Crippen LogP contribution < -0.4 is 5.32 Å². The molecule has 18 heavy (non-hydrogen) atoms. The number of aryl methyl sites for hydroxylation is 1. The van der Waals surface area contributed by atoms with Gasteiger partial charge in [0.05, 0.1) is 0 Å². The molecule has 0 aliphatic heterocycles. The van der Waals surface area contributed by atoms with Gasteiger partial charge in [0.25, 0.3) is 0 Å². The largest absolute Gasteiger partial charge is 0.326 e. The zero-order valence-corrected chi connectivity index (χ0v) is 12.0. The Hall–Kier alpha value is -1.02. The highest BCUT2D eigenvalue weighted by molar-refractivity contribution is 6.17. The van der Waals surface area contributed by atoms with Crippen LogP contribution in [0.15, 0.2) is 24.3 Å². The number of hydrogen-bond acceptors (Lipinski definition) is 1. The fourth-order valence-electron chi connectivity index (χ4n) is 1.91. The number of rotatable bonds is 7. The molecule has 0 fully saturated rings. The molecule has 0 spiro atoms. The van der Waals surface area contributed by atoms with Crippen LogP contribution in [0.25, 0.3) is 0 Å². The number of alkyl halides is 1. The van der Waals surface area contributed by atoms with Crippen molar-refractivity contribution in [3.8, 4) is 0 Å². The second-order valence-corrected chi connectivity index (χ2v) is 5.05. The topological polar surface area (TPSA) is 29.1 Å². The summed E-state index contributed by atoms with van der Waals surface area (Å²) < 4.78 is 0. The van der Waals surface area contributed by atoms with E-state index in [4.69, 9.17) is 11.6 Å². The maximum Gasteiger partial charge on any atom is 0.227 e. The summed E-state index contributed by atoms with van der Waals surface area (Å²) in [7, 11) is 0. The molecule has 0 radical (unpaired) electrons. The van der Waals surface area contributed by atoms with Gasteiger partial charge in [0.2, 0.25) is 5.91 Å². The molecular weight excluding hydrogens is 246 g/mol. The summed E-state index contributed by atoms with van der Waals surface area (Å²) in [5.74, 6) is 0.845. The van der Waals surface area contributed by atoms with E-state index in [-0.39, 0.29) is 11.8 Å². The van der Waals surface area contributed by atoms with E-state index in [1.54, 1.807) is 0 Å². The summed E-state index contributed by atoms with van der Waals surface area (Å²) in [5, 5.41) is 2.97. The average molecular weight is 268 g/mol. The van der Waals surface area contributed by atoms with Crippen LogP contribution in [-0.4, -0.2) is 11.8 Å². The second kappa shape index (κ2) is 8.15. The van der Waals surface area contributed by atoms with Crippen molar-refractivity contribution < 1.29 is 4.79 Å². The lowest BCUT2D eigenvalue weighted by Gasteiger charge is -2.12. The van der Waals surface area contributed by atoms with Crippen LogP contribution in [0.4, 0.5) is 5.69 Å². The molecule has 0 aromatic heterocycles. The molecular formula is C15H22ClNO. The number of benzene rings is 1. The van der Waals surface area contributed by atoms with E-state index in [9.17, 15) is 4.79 Å². The van der Waals surface area contributed by atoms with Crippen LogP contribution in [0.1, 0.15) is 38.7 Å². The first kappa shape index (κ1) is 15.0. The highest BCUT2D eigenvalue weighted by atomic mass is 35.5. The highest BCUT2D eigenvalue weighted by Gasteiger charge is 2.11. The molecule has 1 rings (SSSR count). The third kappa shape index (κ3) is 5.09. The Kier molecular flexibility index (Phi) is 6.81. The zero-order valence-electron chi connectivity index (χ0n) is 11.2. The molecule has 1 N–H and O–H groups in total. The molecule has 0 saturated heterocycles. The molecule has 2 nitrogen and oxygen atoms in total. The smallest absolute Gasteiger partial charge is 0.227 e. The van der Waals surface area contributed by atoms with Gasteiger partial charge in [-0.3, -0.25) is 4.79 Å². The zero-order chi connectivity index (χ0) is 13.4. The van der Waals surface area contributed by atoms with Crippen LogP contribution in [0, 0.1) is 5.92 Å². The van der Waals surface area contributed by atoms with Gasteiger partial charge in [0, 0.05) is 17.5 Å². The third-order valence-corrected chi connectivity index (χ3v) is 3.23. The Bertz CT molecular complexity index is 379. The van der Waals surface area contributed by atoms with Crippen molar-refractivity contribution in [3.05, 3.63) is 29.8 Å². The van der Waals surface area contributed by atoms with E-state index in [2.05, 4.69) is 18.3 Å². The minimum absolute atomic E-state index is 0.0708. The Morgan fingerprint density at radius 3 is 2.89 bits per heavy atom. The fourth-order valence-corrected chi connectivity index (χ4v) is 2.04. The van der Waals surface area contributed by atoms with Gasteiger partial charge in [-0.15, -0.1) is 11.6 Å². The maximum absolute atomic E-state index is 11.9. The van der Waals surface area contributed by atoms with Crippen molar-refractivity contribution >= 4 is 23.2 Å². The predicted octanol–water partition coefficient (Wildman–Crippen LogP) is 4.23. The first-order chi connectivity index (χ1) is 8.67. The Morgan fingerprint density at radius 1 is 1.44 bits per heavy atom. The number of carbonyl (C=O) groups is 1. The molecule has 0 aliphatic rings. The molecule has 100 valence electrons. The highest BCUT2D eigenvalue weighted by Crippen LogP contribution is 2.15. The quantitative estimate of drug-likeness (QED) is 0.736. The van der Waals surface area contributed by atoms with Crippen molar-refractivity contribution in [3.63, 3.8) is 0 Å². The van der Waals surface area contributed by atoms with Crippen molar-refractivity contribution in [1.29, 1.82) is 0 Å². The molecule has 1 atom stereocenters. The molecule has 0 bridgehead atoms. The monoisotopic (exact) mass is 267 g/mol. The van der Waals surface area contributed by atoms with Crippen molar-refractivity contribution in [1.82, 2.24) is 0 Å². The molecule has 0 saturated carbocycles. The number of nitrogens with one attached hydrogen (secondary N) is 1. The summed E-state index contributed by atoms with van der Waals surface area (Å²) in [6, 6.07) is 8.01. The van der Waals surface area contributed by atoms with Crippen LogP contribution in [0.2, 0.25) is 0 Å². The summed E-state index contributed by atoms with van der Waals surface area (Å²) in [6.07, 6.45) is 3.88. The average Bonchev–Trinajstić information content (AvgIpc) is 2.37. The standard InChI is InChI=1S/C15H22ClNO/c1-3-6-12(2)15(18)17-14-9-4-7-13(11-14)8-5-10-16/h4,7,9,11-12H,3,5-6,8,10H2,1-2H3,(H,17,18). The second-order valence-electron chi connectivity index (χ2n) is 4.67. The number of carbonyl (C=O) groups excluding carboxylic acids is 1. The van der Waals surface area contributed by atoms with Crippen molar-refractivity contribution in [2.75, 3.05) is 11.2 Å². The van der Waals surface area contributed by atoms with Crippen molar-refractivity contribution in [2.24, 2.45) is 5.92 Å². The van der Waals surface area contributed by atoms with Crippen molar-refractivity contribution in [2.45, 2.75) is 39.5 Å². The van der Waals surface area contributed by atoms with Gasteiger partial charge in [-0.2, -0.15) is 0 Å². The van der Waals surface area contributed by atoms with Gasteiger partial charge >= 0.3 is 0 Å². The summed E-state index contributed by atoms with van der Waals surface area (Å²) in [5.41, 5.74) is 2.10. The normalized spacial score (nSPS) is 12.2. The molecule has 1 unspecified atom stereocenters. The van der Waals surface area contributed by atoms with Crippen LogP contribution in [-0.2, 0) is 11.2 Å². The Labute approximate surface area is 115 Å².